The maximum absolute atomic E-state index is 11.0. The lowest BCUT2D eigenvalue weighted by Crippen LogP contribution is -2.20. The first kappa shape index (κ1) is 18.9. The van der Waals surface area contributed by atoms with Gasteiger partial charge in [0.15, 0.2) is 0 Å². The molecule has 0 unspecified atom stereocenters. The Morgan fingerprint density at radius 2 is 2.21 bits per heavy atom. The van der Waals surface area contributed by atoms with Crippen LogP contribution in [0, 0.1) is 10.1 Å². The predicted octanol–water partition coefficient (Wildman–Crippen LogP) is 5.38. The molecule has 0 saturated heterocycles. The van der Waals surface area contributed by atoms with E-state index in [1.807, 2.05) is 29.6 Å². The number of fused-ring (bicyclic) bond motifs is 1. The number of non-ortho nitro benzene ring substituents is 1. The van der Waals surface area contributed by atoms with E-state index in [-0.39, 0.29) is 11.7 Å². The number of rotatable bonds is 5. The van der Waals surface area contributed by atoms with E-state index in [9.17, 15) is 10.1 Å². The Morgan fingerprint density at radius 3 is 3.07 bits per heavy atom. The number of nitro benzene ring substituents is 1. The van der Waals surface area contributed by atoms with Gasteiger partial charge in [-0.25, -0.2) is 4.98 Å². The molecule has 0 radical (unpaired) electrons. The van der Waals surface area contributed by atoms with Gasteiger partial charge in [0.05, 0.1) is 17.2 Å². The van der Waals surface area contributed by atoms with Crippen LogP contribution < -0.4 is 10.1 Å². The highest BCUT2D eigenvalue weighted by Gasteiger charge is 2.20. The van der Waals surface area contributed by atoms with E-state index in [0.717, 1.165) is 40.4 Å². The van der Waals surface area contributed by atoms with E-state index in [0.29, 0.717) is 18.2 Å². The van der Waals surface area contributed by atoms with Gasteiger partial charge in [-0.3, -0.25) is 10.1 Å². The molecule has 0 fully saturated rings. The number of hydrogen-bond donors (Lipinski definition) is 1. The topological polar surface area (TPSA) is 77.3 Å². The summed E-state index contributed by atoms with van der Waals surface area (Å²) in [5.74, 6) is 0.832. The molecule has 2 aromatic carbocycles. The molecule has 6 nitrogen and oxygen atoms in total. The number of nitrogens with zero attached hydrogens (tertiary/aromatic N) is 2. The van der Waals surface area contributed by atoms with Gasteiger partial charge in [0.2, 0.25) is 0 Å². The summed E-state index contributed by atoms with van der Waals surface area (Å²) in [4.78, 5) is 15.2. The summed E-state index contributed by atoms with van der Waals surface area (Å²) in [5, 5.41) is 18.0. The normalized spacial score (nSPS) is 16.1. The van der Waals surface area contributed by atoms with Crippen LogP contribution in [0.5, 0.6) is 5.75 Å². The zero-order valence-corrected chi connectivity index (χ0v) is 16.5. The Bertz CT molecular complexity index is 1010. The van der Waals surface area contributed by atoms with Crippen molar-refractivity contribution < 1.29 is 9.66 Å². The first-order chi connectivity index (χ1) is 13.6. The van der Waals surface area contributed by atoms with Crippen molar-refractivity contribution in [1.29, 1.82) is 0 Å². The fourth-order valence-electron chi connectivity index (χ4n) is 3.26. The summed E-state index contributed by atoms with van der Waals surface area (Å²) in [6, 6.07) is 12.5. The zero-order chi connectivity index (χ0) is 19.5. The van der Waals surface area contributed by atoms with Crippen LogP contribution in [0.15, 0.2) is 47.8 Å². The molecular formula is C20H18ClN3O3S. The summed E-state index contributed by atoms with van der Waals surface area (Å²) in [5.41, 5.74) is 2.85. The van der Waals surface area contributed by atoms with Crippen molar-refractivity contribution in [3.05, 3.63) is 74.2 Å². The maximum Gasteiger partial charge on any atom is 0.270 e. The molecule has 144 valence electrons. The highest BCUT2D eigenvalue weighted by molar-refractivity contribution is 7.13. The number of halogens is 1. The van der Waals surface area contributed by atoms with E-state index in [1.165, 1.54) is 17.4 Å². The molecule has 3 aromatic rings. The number of ether oxygens (including phenoxy) is 1. The fraction of sp³-hybridized carbons (Fsp3) is 0.250. The average Bonchev–Trinajstić information content (AvgIpc) is 3.08. The molecular weight excluding hydrogens is 398 g/mol. The Kier molecular flexibility index (Phi) is 5.57. The molecule has 0 aliphatic carbocycles. The number of nitrogens with one attached hydrogen (secondary N) is 1. The average molecular weight is 416 g/mol. The van der Waals surface area contributed by atoms with Gasteiger partial charge in [0, 0.05) is 46.2 Å². The van der Waals surface area contributed by atoms with Gasteiger partial charge in [0.1, 0.15) is 10.8 Å². The number of benzene rings is 2. The molecule has 1 N–H and O–H groups in total. The molecule has 2 heterocycles. The number of thiazole rings is 1. The molecule has 0 amide bonds. The molecule has 28 heavy (non-hydrogen) atoms. The highest BCUT2D eigenvalue weighted by atomic mass is 35.5. The largest absolute Gasteiger partial charge is 0.493 e. The summed E-state index contributed by atoms with van der Waals surface area (Å²) in [7, 11) is 0. The number of nitro groups is 1. The lowest BCUT2D eigenvalue weighted by molar-refractivity contribution is -0.384. The number of aromatic nitrogens is 1. The first-order valence-corrected chi connectivity index (χ1v) is 10.2. The third-order valence-corrected chi connectivity index (χ3v) is 5.81. The highest BCUT2D eigenvalue weighted by Crippen LogP contribution is 2.34. The van der Waals surface area contributed by atoms with Crippen LogP contribution in [0.25, 0.3) is 10.6 Å². The van der Waals surface area contributed by atoms with Gasteiger partial charge in [-0.2, -0.15) is 0 Å². The predicted molar refractivity (Wildman–Crippen MR) is 110 cm³/mol. The lowest BCUT2D eigenvalue weighted by atomic mass is 10.0. The van der Waals surface area contributed by atoms with Gasteiger partial charge in [0.25, 0.3) is 5.69 Å². The van der Waals surface area contributed by atoms with Gasteiger partial charge < -0.3 is 10.1 Å². The Labute approximate surface area is 171 Å². The van der Waals surface area contributed by atoms with Crippen molar-refractivity contribution in [2.24, 2.45) is 0 Å². The Balaban J connectivity index is 1.48. The van der Waals surface area contributed by atoms with Crippen LogP contribution >= 0.6 is 22.9 Å². The summed E-state index contributed by atoms with van der Waals surface area (Å²) >= 11 is 7.58. The van der Waals surface area contributed by atoms with Crippen molar-refractivity contribution in [2.45, 2.75) is 25.4 Å². The van der Waals surface area contributed by atoms with Crippen LogP contribution in [0.4, 0.5) is 5.69 Å². The first-order valence-electron chi connectivity index (χ1n) is 8.95. The summed E-state index contributed by atoms with van der Waals surface area (Å²) < 4.78 is 5.81. The van der Waals surface area contributed by atoms with Gasteiger partial charge in [-0.05, 0) is 25.0 Å². The summed E-state index contributed by atoms with van der Waals surface area (Å²) in [6.45, 7) is 1.29. The fourth-order valence-corrected chi connectivity index (χ4v) is 4.24. The van der Waals surface area contributed by atoms with Crippen molar-refractivity contribution in [2.75, 3.05) is 6.61 Å². The quantitative estimate of drug-likeness (QED) is 0.447. The van der Waals surface area contributed by atoms with E-state index < -0.39 is 4.92 Å². The van der Waals surface area contributed by atoms with E-state index in [4.69, 9.17) is 16.3 Å². The standard InChI is InChI=1S/C20H18ClN3O3S/c21-14-6-7-17-18(5-2-8-27-19(17)10-14)22-11-15-12-28-20(23-15)13-3-1-4-16(9-13)24(25)26/h1,3-4,6-7,9-10,12,18,22H,2,5,8,11H2/t18-/m0/s1. The molecule has 1 aromatic heterocycles. The van der Waals surface area contributed by atoms with Crippen molar-refractivity contribution in [3.8, 4) is 16.3 Å². The van der Waals surface area contributed by atoms with Gasteiger partial charge in [-0.1, -0.05) is 29.8 Å². The van der Waals surface area contributed by atoms with E-state index in [2.05, 4.69) is 10.3 Å². The van der Waals surface area contributed by atoms with Gasteiger partial charge >= 0.3 is 0 Å². The Hall–Kier alpha value is -2.48. The molecule has 8 heteroatoms. The third kappa shape index (κ3) is 4.16. The van der Waals surface area contributed by atoms with Crippen LogP contribution in [-0.2, 0) is 6.54 Å². The monoisotopic (exact) mass is 415 g/mol. The second-order valence-electron chi connectivity index (χ2n) is 6.56. The second kappa shape index (κ2) is 8.26. The molecule has 0 bridgehead atoms. The SMILES string of the molecule is O=[N+]([O-])c1cccc(-c2nc(CN[C@H]3CCCOc4cc(Cl)ccc43)cs2)c1. The second-order valence-corrected chi connectivity index (χ2v) is 7.85. The molecule has 1 aliphatic heterocycles. The van der Waals surface area contributed by atoms with Gasteiger partial charge in [-0.15, -0.1) is 11.3 Å². The molecule has 0 spiro atoms. The minimum absolute atomic E-state index is 0.0705. The van der Waals surface area contributed by atoms with Crippen molar-refractivity contribution in [1.82, 2.24) is 10.3 Å². The summed E-state index contributed by atoms with van der Waals surface area (Å²) in [6.07, 6.45) is 1.93. The Morgan fingerprint density at radius 1 is 1.32 bits per heavy atom. The molecule has 4 rings (SSSR count). The third-order valence-electron chi connectivity index (χ3n) is 4.63. The van der Waals surface area contributed by atoms with Crippen LogP contribution in [0.2, 0.25) is 5.02 Å². The zero-order valence-electron chi connectivity index (χ0n) is 14.9. The molecule has 0 saturated carbocycles. The lowest BCUT2D eigenvalue weighted by Gasteiger charge is -2.18. The van der Waals surface area contributed by atoms with Crippen LogP contribution in [0.1, 0.15) is 30.1 Å². The number of hydrogen-bond acceptors (Lipinski definition) is 6. The van der Waals surface area contributed by atoms with Crippen LogP contribution in [-0.4, -0.2) is 16.5 Å². The van der Waals surface area contributed by atoms with Crippen molar-refractivity contribution >= 4 is 28.6 Å². The smallest absolute Gasteiger partial charge is 0.270 e. The van der Waals surface area contributed by atoms with E-state index >= 15 is 0 Å². The minimum atomic E-state index is -0.391. The molecule has 1 atom stereocenters. The van der Waals surface area contributed by atoms with Crippen LogP contribution in [0.3, 0.4) is 0 Å². The maximum atomic E-state index is 11.0. The molecule has 1 aliphatic rings. The van der Waals surface area contributed by atoms with Crippen molar-refractivity contribution in [3.63, 3.8) is 0 Å². The minimum Gasteiger partial charge on any atom is -0.493 e. The van der Waals surface area contributed by atoms with E-state index in [1.54, 1.807) is 12.1 Å².